The summed E-state index contributed by atoms with van der Waals surface area (Å²) in [6.07, 6.45) is 3.31. The molecule has 5 rings (SSSR count). The van der Waals surface area contributed by atoms with Gasteiger partial charge in [0.25, 0.3) is 11.8 Å². The van der Waals surface area contributed by atoms with Gasteiger partial charge >= 0.3 is 0 Å². The zero-order valence-electron chi connectivity index (χ0n) is 22.0. The summed E-state index contributed by atoms with van der Waals surface area (Å²) in [6, 6.07) is 22.1. The van der Waals surface area contributed by atoms with Crippen molar-refractivity contribution in [1.82, 2.24) is 4.90 Å². The van der Waals surface area contributed by atoms with Crippen LogP contribution in [0.25, 0.3) is 0 Å². The summed E-state index contributed by atoms with van der Waals surface area (Å²) in [5.41, 5.74) is 5.23. The maximum Gasteiger partial charge on any atom is 0.291 e. The summed E-state index contributed by atoms with van der Waals surface area (Å²) in [5, 5.41) is 5.67. The van der Waals surface area contributed by atoms with Crippen molar-refractivity contribution < 1.29 is 23.5 Å². The van der Waals surface area contributed by atoms with E-state index in [0.29, 0.717) is 16.9 Å². The molecule has 0 fully saturated rings. The van der Waals surface area contributed by atoms with E-state index in [1.807, 2.05) is 24.3 Å². The number of nitrogens with one attached hydrogen (secondary N) is 2. The quantitative estimate of drug-likeness (QED) is 0.304. The van der Waals surface area contributed by atoms with E-state index in [4.69, 9.17) is 13.9 Å². The first kappa shape index (κ1) is 26.1. The number of nitrogens with zero attached hydrogens (tertiary/aromatic N) is 1. The first-order chi connectivity index (χ1) is 19.0. The Bertz CT molecular complexity index is 1450. The molecule has 200 valence electrons. The van der Waals surface area contributed by atoms with Crippen LogP contribution >= 0.6 is 0 Å². The van der Waals surface area contributed by atoms with E-state index in [0.717, 1.165) is 44.0 Å². The summed E-state index contributed by atoms with van der Waals surface area (Å²) in [5.74, 6) is 0.990. The van der Waals surface area contributed by atoms with Crippen LogP contribution in [-0.4, -0.2) is 44.0 Å². The first-order valence-corrected chi connectivity index (χ1v) is 12.8. The summed E-state index contributed by atoms with van der Waals surface area (Å²) in [4.78, 5) is 27.8. The number of methoxy groups -OCH3 is 2. The third kappa shape index (κ3) is 6.13. The fourth-order valence-electron chi connectivity index (χ4n) is 4.75. The number of hydrogen-bond acceptors (Lipinski definition) is 6. The van der Waals surface area contributed by atoms with Gasteiger partial charge in [0.2, 0.25) is 0 Å². The van der Waals surface area contributed by atoms with Crippen molar-refractivity contribution in [2.75, 3.05) is 37.9 Å². The van der Waals surface area contributed by atoms with E-state index in [2.05, 4.69) is 27.7 Å². The van der Waals surface area contributed by atoms with Gasteiger partial charge in [-0.3, -0.25) is 14.5 Å². The molecule has 0 saturated carbocycles. The van der Waals surface area contributed by atoms with Gasteiger partial charge in [-0.05, 0) is 78.1 Å². The Balaban J connectivity index is 1.17. The zero-order valence-corrected chi connectivity index (χ0v) is 22.0. The fraction of sp³-hybridized carbons (Fsp3) is 0.226. The molecule has 0 radical (unpaired) electrons. The van der Waals surface area contributed by atoms with Crippen LogP contribution in [0.2, 0.25) is 0 Å². The van der Waals surface area contributed by atoms with Gasteiger partial charge in [0.05, 0.1) is 31.7 Å². The van der Waals surface area contributed by atoms with E-state index < -0.39 is 5.91 Å². The minimum atomic E-state index is -0.416. The lowest BCUT2D eigenvalue weighted by atomic mass is 9.98. The monoisotopic (exact) mass is 525 g/mol. The Morgan fingerprint density at radius 1 is 0.872 bits per heavy atom. The van der Waals surface area contributed by atoms with Crippen molar-refractivity contribution in [3.05, 3.63) is 107 Å². The predicted molar refractivity (Wildman–Crippen MR) is 150 cm³/mol. The van der Waals surface area contributed by atoms with E-state index in [-0.39, 0.29) is 11.7 Å². The number of ether oxygens (including phenoxy) is 2. The molecule has 8 nitrogen and oxygen atoms in total. The van der Waals surface area contributed by atoms with Gasteiger partial charge in [-0.25, -0.2) is 0 Å². The molecular weight excluding hydrogens is 494 g/mol. The Kier molecular flexibility index (Phi) is 7.94. The lowest BCUT2D eigenvalue weighted by molar-refractivity contribution is 0.0996. The third-order valence-electron chi connectivity index (χ3n) is 6.89. The first-order valence-electron chi connectivity index (χ1n) is 12.8. The van der Waals surface area contributed by atoms with Gasteiger partial charge < -0.3 is 24.5 Å². The Morgan fingerprint density at radius 2 is 1.62 bits per heavy atom. The molecular formula is C31H31N3O5. The standard InChI is InChI=1S/C31H31N3O5/c1-37-28-18-22-14-16-34(20-23(22)19-29(28)38-2)15-13-21-9-11-24(12-10-21)32-30(35)25-6-3-4-7-26(25)33-31(36)27-8-5-17-39-27/h3-12,17-19H,13-16,20H2,1-2H3,(H,32,35)(H,33,36). The topological polar surface area (TPSA) is 93.0 Å². The number of para-hydroxylation sites is 1. The molecule has 1 aromatic heterocycles. The van der Waals surface area contributed by atoms with Crippen molar-refractivity contribution in [3.8, 4) is 11.5 Å². The minimum absolute atomic E-state index is 0.175. The lowest BCUT2D eigenvalue weighted by Gasteiger charge is -2.29. The molecule has 1 aliphatic heterocycles. The summed E-state index contributed by atoms with van der Waals surface area (Å²) >= 11 is 0. The molecule has 0 atom stereocenters. The lowest BCUT2D eigenvalue weighted by Crippen LogP contribution is -2.32. The molecule has 2 heterocycles. The Labute approximate surface area is 227 Å². The van der Waals surface area contributed by atoms with E-state index in [1.54, 1.807) is 50.6 Å². The van der Waals surface area contributed by atoms with Crippen LogP contribution in [0.1, 0.15) is 37.6 Å². The molecule has 0 spiro atoms. The van der Waals surface area contributed by atoms with Crippen molar-refractivity contribution in [1.29, 1.82) is 0 Å². The smallest absolute Gasteiger partial charge is 0.291 e. The fourth-order valence-corrected chi connectivity index (χ4v) is 4.75. The molecule has 1 aliphatic rings. The third-order valence-corrected chi connectivity index (χ3v) is 6.89. The molecule has 2 amide bonds. The highest BCUT2D eigenvalue weighted by molar-refractivity contribution is 6.11. The SMILES string of the molecule is COc1cc2c(cc1OC)CN(CCc1ccc(NC(=O)c3ccccc3NC(=O)c3ccco3)cc1)CC2. The van der Waals surface area contributed by atoms with Crippen LogP contribution in [0.15, 0.2) is 83.5 Å². The Morgan fingerprint density at radius 3 is 2.33 bits per heavy atom. The number of hydrogen-bond donors (Lipinski definition) is 2. The van der Waals surface area contributed by atoms with Gasteiger partial charge in [-0.2, -0.15) is 0 Å². The van der Waals surface area contributed by atoms with Crippen molar-refractivity contribution in [2.24, 2.45) is 0 Å². The van der Waals surface area contributed by atoms with E-state index in [1.165, 1.54) is 23.0 Å². The normalized spacial score (nSPS) is 12.9. The number of carbonyl (C=O) groups is 2. The molecule has 8 heteroatoms. The van der Waals surface area contributed by atoms with Gasteiger partial charge in [0, 0.05) is 25.3 Å². The number of fused-ring (bicyclic) bond motifs is 1. The van der Waals surface area contributed by atoms with Crippen LogP contribution in [0.4, 0.5) is 11.4 Å². The molecule has 0 aliphatic carbocycles. The minimum Gasteiger partial charge on any atom is -0.493 e. The summed E-state index contributed by atoms with van der Waals surface area (Å²) < 4.78 is 16.1. The van der Waals surface area contributed by atoms with Crippen molar-refractivity contribution in [3.63, 3.8) is 0 Å². The average Bonchev–Trinajstić information content (AvgIpc) is 3.52. The van der Waals surface area contributed by atoms with Crippen LogP contribution in [0.5, 0.6) is 11.5 Å². The van der Waals surface area contributed by atoms with Gasteiger partial charge in [0.1, 0.15) is 0 Å². The maximum atomic E-state index is 13.0. The van der Waals surface area contributed by atoms with Crippen LogP contribution in [-0.2, 0) is 19.4 Å². The largest absolute Gasteiger partial charge is 0.493 e. The summed E-state index contributed by atoms with van der Waals surface area (Å²) in [6.45, 7) is 2.80. The number of furan rings is 1. The number of amides is 2. The highest BCUT2D eigenvalue weighted by Crippen LogP contribution is 2.33. The Hall–Kier alpha value is -4.56. The number of anilines is 2. The molecule has 0 bridgehead atoms. The zero-order chi connectivity index (χ0) is 27.2. The molecule has 2 N–H and O–H groups in total. The van der Waals surface area contributed by atoms with Crippen LogP contribution in [0, 0.1) is 0 Å². The van der Waals surface area contributed by atoms with Crippen LogP contribution < -0.4 is 20.1 Å². The van der Waals surface area contributed by atoms with Gasteiger partial charge in [-0.15, -0.1) is 0 Å². The molecule has 4 aromatic rings. The molecule has 0 saturated heterocycles. The number of benzene rings is 3. The second kappa shape index (κ2) is 11.9. The average molecular weight is 526 g/mol. The van der Waals surface area contributed by atoms with Crippen molar-refractivity contribution >= 4 is 23.2 Å². The van der Waals surface area contributed by atoms with E-state index in [9.17, 15) is 9.59 Å². The number of carbonyl (C=O) groups excluding carboxylic acids is 2. The van der Waals surface area contributed by atoms with Crippen LogP contribution in [0.3, 0.4) is 0 Å². The highest BCUT2D eigenvalue weighted by Gasteiger charge is 2.20. The molecule has 3 aromatic carbocycles. The van der Waals surface area contributed by atoms with E-state index >= 15 is 0 Å². The molecule has 0 unspecified atom stereocenters. The number of rotatable bonds is 9. The maximum absolute atomic E-state index is 13.0. The second-order valence-corrected chi connectivity index (χ2v) is 9.38. The highest BCUT2D eigenvalue weighted by atomic mass is 16.5. The summed E-state index contributed by atoms with van der Waals surface area (Å²) in [7, 11) is 3.33. The van der Waals surface area contributed by atoms with Crippen molar-refractivity contribution in [2.45, 2.75) is 19.4 Å². The molecule has 39 heavy (non-hydrogen) atoms. The van der Waals surface area contributed by atoms with Gasteiger partial charge in [-0.1, -0.05) is 24.3 Å². The predicted octanol–water partition coefficient (Wildman–Crippen LogP) is 5.40. The van der Waals surface area contributed by atoms with Gasteiger partial charge in [0.15, 0.2) is 17.3 Å². The second-order valence-electron chi connectivity index (χ2n) is 9.38.